The number of Topliss-reactive ketones (excluding diaryl/α,β-unsaturated/α-hetero) is 1. The first-order chi connectivity index (χ1) is 14.1. The number of ether oxygens (including phenoxy) is 4. The van der Waals surface area contributed by atoms with Crippen molar-refractivity contribution in [3.8, 4) is 23.0 Å². The average molecular weight is 393 g/mol. The van der Waals surface area contributed by atoms with Crippen molar-refractivity contribution in [3.05, 3.63) is 46.5 Å². The highest BCUT2D eigenvalue weighted by Gasteiger charge is 2.37. The molecule has 2 aromatic carbocycles. The fourth-order valence-corrected chi connectivity index (χ4v) is 4.65. The van der Waals surface area contributed by atoms with E-state index < -0.39 is 0 Å². The highest BCUT2D eigenvalue weighted by molar-refractivity contribution is 5.89. The molecule has 3 heterocycles. The Labute approximate surface area is 169 Å². The van der Waals surface area contributed by atoms with E-state index in [2.05, 4.69) is 23.1 Å². The average Bonchev–Trinajstić information content (AvgIpc) is 3.18. The highest BCUT2D eigenvalue weighted by atomic mass is 16.7. The number of rotatable bonds is 4. The first-order valence-corrected chi connectivity index (χ1v) is 9.76. The highest BCUT2D eigenvalue weighted by Crippen LogP contribution is 2.50. The number of nitrogens with zero attached hydrogens (tertiary/aromatic N) is 1. The van der Waals surface area contributed by atoms with Crippen molar-refractivity contribution < 1.29 is 23.7 Å². The van der Waals surface area contributed by atoms with Crippen molar-refractivity contribution in [1.82, 2.24) is 4.90 Å². The van der Waals surface area contributed by atoms with Crippen LogP contribution in [0.4, 0.5) is 0 Å². The topological polar surface area (TPSA) is 57.2 Å². The molecule has 29 heavy (non-hydrogen) atoms. The lowest BCUT2D eigenvalue weighted by Gasteiger charge is -2.43. The molecule has 0 aromatic heterocycles. The molecule has 150 valence electrons. The van der Waals surface area contributed by atoms with Crippen molar-refractivity contribution in [2.24, 2.45) is 0 Å². The first kappa shape index (κ1) is 17.9. The maximum atomic E-state index is 12.2. The minimum absolute atomic E-state index is 0.105. The quantitative estimate of drug-likeness (QED) is 0.787. The van der Waals surface area contributed by atoms with Gasteiger partial charge in [0.25, 0.3) is 0 Å². The van der Waals surface area contributed by atoms with Crippen LogP contribution in [0.1, 0.15) is 41.6 Å². The lowest BCUT2D eigenvalue weighted by Crippen LogP contribution is -2.36. The molecule has 6 heteroatoms. The van der Waals surface area contributed by atoms with E-state index in [9.17, 15) is 4.79 Å². The minimum atomic E-state index is -0.105. The molecule has 0 spiro atoms. The van der Waals surface area contributed by atoms with Crippen LogP contribution in [0.2, 0.25) is 0 Å². The summed E-state index contributed by atoms with van der Waals surface area (Å²) in [5, 5.41) is 0. The molecule has 0 bridgehead atoms. The van der Waals surface area contributed by atoms with Gasteiger partial charge in [0.05, 0.1) is 20.3 Å². The van der Waals surface area contributed by atoms with Gasteiger partial charge in [-0.2, -0.15) is 0 Å². The Bertz CT molecular complexity index is 1040. The van der Waals surface area contributed by atoms with Gasteiger partial charge in [-0.3, -0.25) is 4.79 Å². The van der Waals surface area contributed by atoms with Crippen LogP contribution < -0.4 is 18.9 Å². The van der Waals surface area contributed by atoms with Crippen LogP contribution in [-0.2, 0) is 11.2 Å². The number of benzene rings is 2. The predicted octanol–water partition coefficient (Wildman–Crippen LogP) is 3.82. The SMILES string of the molecule is COc1ccc2c(c1OC)C(CC(C)=O)N1CCc3cc4c(cc3C1=C2)OCO4. The van der Waals surface area contributed by atoms with E-state index in [1.807, 2.05) is 12.1 Å². The predicted molar refractivity (Wildman–Crippen MR) is 108 cm³/mol. The zero-order valence-electron chi connectivity index (χ0n) is 16.8. The zero-order valence-corrected chi connectivity index (χ0v) is 16.8. The Balaban J connectivity index is 1.72. The van der Waals surface area contributed by atoms with E-state index in [-0.39, 0.29) is 18.6 Å². The summed E-state index contributed by atoms with van der Waals surface area (Å²) in [5.74, 6) is 3.09. The molecule has 0 aliphatic carbocycles. The Kier molecular flexibility index (Phi) is 4.15. The number of hydrogen-bond donors (Lipinski definition) is 0. The third-order valence-electron chi connectivity index (χ3n) is 5.91. The van der Waals surface area contributed by atoms with E-state index >= 15 is 0 Å². The van der Waals surface area contributed by atoms with Gasteiger partial charge in [0.1, 0.15) is 5.78 Å². The molecule has 0 radical (unpaired) electrons. The summed E-state index contributed by atoms with van der Waals surface area (Å²) in [6.45, 7) is 2.71. The van der Waals surface area contributed by atoms with E-state index in [1.54, 1.807) is 21.1 Å². The van der Waals surface area contributed by atoms with E-state index in [0.29, 0.717) is 17.9 Å². The van der Waals surface area contributed by atoms with Crippen LogP contribution in [0, 0.1) is 0 Å². The van der Waals surface area contributed by atoms with Gasteiger partial charge in [-0.05, 0) is 48.7 Å². The molecule has 0 amide bonds. The van der Waals surface area contributed by atoms with Crippen LogP contribution in [0.5, 0.6) is 23.0 Å². The lowest BCUT2D eigenvalue weighted by molar-refractivity contribution is -0.118. The van der Waals surface area contributed by atoms with Gasteiger partial charge in [-0.25, -0.2) is 0 Å². The number of carbonyl (C=O) groups is 1. The summed E-state index contributed by atoms with van der Waals surface area (Å²) in [6, 6.07) is 7.99. The van der Waals surface area contributed by atoms with Crippen LogP contribution in [0.3, 0.4) is 0 Å². The summed E-state index contributed by atoms with van der Waals surface area (Å²) in [4.78, 5) is 14.5. The van der Waals surface area contributed by atoms with Gasteiger partial charge < -0.3 is 23.8 Å². The number of ketones is 1. The third-order valence-corrected chi connectivity index (χ3v) is 5.91. The zero-order chi connectivity index (χ0) is 20.1. The first-order valence-electron chi connectivity index (χ1n) is 9.76. The van der Waals surface area contributed by atoms with Gasteiger partial charge >= 0.3 is 0 Å². The Morgan fingerprint density at radius 3 is 2.69 bits per heavy atom. The fraction of sp³-hybridized carbons (Fsp3) is 0.348. The monoisotopic (exact) mass is 393 g/mol. The largest absolute Gasteiger partial charge is 0.493 e. The van der Waals surface area contributed by atoms with Crippen molar-refractivity contribution in [2.75, 3.05) is 27.6 Å². The number of methoxy groups -OCH3 is 2. The summed E-state index contributed by atoms with van der Waals surface area (Å²) < 4.78 is 22.4. The Morgan fingerprint density at radius 2 is 1.97 bits per heavy atom. The molecule has 0 saturated carbocycles. The second-order valence-electron chi connectivity index (χ2n) is 7.56. The minimum Gasteiger partial charge on any atom is -0.493 e. The smallest absolute Gasteiger partial charge is 0.231 e. The molecule has 5 rings (SSSR count). The van der Waals surface area contributed by atoms with Crippen LogP contribution in [0.25, 0.3) is 11.8 Å². The fourth-order valence-electron chi connectivity index (χ4n) is 4.65. The Morgan fingerprint density at radius 1 is 1.17 bits per heavy atom. The normalized spacial score (nSPS) is 18.4. The lowest BCUT2D eigenvalue weighted by atomic mass is 9.84. The molecular weight excluding hydrogens is 370 g/mol. The van der Waals surface area contributed by atoms with Gasteiger partial charge in [0.15, 0.2) is 23.0 Å². The number of hydrogen-bond acceptors (Lipinski definition) is 6. The summed E-state index contributed by atoms with van der Waals surface area (Å²) in [6.07, 6.45) is 3.46. The summed E-state index contributed by atoms with van der Waals surface area (Å²) in [5.41, 5.74) is 5.54. The second-order valence-corrected chi connectivity index (χ2v) is 7.56. The van der Waals surface area contributed by atoms with Crippen molar-refractivity contribution in [3.63, 3.8) is 0 Å². The maximum Gasteiger partial charge on any atom is 0.231 e. The molecule has 1 unspecified atom stereocenters. The molecule has 0 fully saturated rings. The third kappa shape index (κ3) is 2.74. The molecule has 3 aliphatic heterocycles. The maximum absolute atomic E-state index is 12.2. The van der Waals surface area contributed by atoms with E-state index in [4.69, 9.17) is 18.9 Å². The van der Waals surface area contributed by atoms with Crippen molar-refractivity contribution in [1.29, 1.82) is 0 Å². The van der Waals surface area contributed by atoms with E-state index in [0.717, 1.165) is 46.9 Å². The van der Waals surface area contributed by atoms with Crippen LogP contribution in [0.15, 0.2) is 24.3 Å². The molecule has 2 aromatic rings. The van der Waals surface area contributed by atoms with Gasteiger partial charge in [-0.1, -0.05) is 6.07 Å². The van der Waals surface area contributed by atoms with Crippen molar-refractivity contribution >= 4 is 17.6 Å². The standard InChI is InChI=1S/C23H23NO5/c1-13(25)8-18-22-15(4-5-19(26-2)23(22)27-3)9-17-16-11-21-20(28-12-29-21)10-14(16)6-7-24(17)18/h4-5,9-11,18H,6-8,12H2,1-3H3. The van der Waals surface area contributed by atoms with Crippen LogP contribution >= 0.6 is 0 Å². The van der Waals surface area contributed by atoms with Crippen molar-refractivity contribution in [2.45, 2.75) is 25.8 Å². The molecular formula is C23H23NO5. The van der Waals surface area contributed by atoms with Crippen LogP contribution in [-0.4, -0.2) is 38.2 Å². The van der Waals surface area contributed by atoms with Gasteiger partial charge in [0.2, 0.25) is 6.79 Å². The molecule has 0 saturated heterocycles. The second kappa shape index (κ2) is 6.72. The van der Waals surface area contributed by atoms with Gasteiger partial charge in [-0.15, -0.1) is 0 Å². The van der Waals surface area contributed by atoms with Gasteiger partial charge in [0, 0.05) is 29.8 Å². The summed E-state index contributed by atoms with van der Waals surface area (Å²) in [7, 11) is 3.28. The molecule has 6 nitrogen and oxygen atoms in total. The molecule has 1 atom stereocenters. The Hall–Kier alpha value is -3.15. The number of carbonyl (C=O) groups excluding carboxylic acids is 1. The van der Waals surface area contributed by atoms with E-state index in [1.165, 1.54) is 5.56 Å². The number of fused-ring (bicyclic) bond motifs is 5. The molecule has 0 N–H and O–H groups in total. The summed E-state index contributed by atoms with van der Waals surface area (Å²) >= 11 is 0. The molecule has 3 aliphatic rings.